The van der Waals surface area contributed by atoms with Crippen LogP contribution in [0.5, 0.6) is 0 Å². The highest BCUT2D eigenvalue weighted by Crippen LogP contribution is 2.24. The maximum absolute atomic E-state index is 13.0. The predicted molar refractivity (Wildman–Crippen MR) is 103 cm³/mol. The normalized spacial score (nSPS) is 16.6. The second-order valence-electron chi connectivity index (χ2n) is 7.75. The SMILES string of the molecule is CC(C)(C)CCNC(=O)c1ccc(C2N=C(c3ccc(F)cc3)NO2)cc1. The second-order valence-corrected chi connectivity index (χ2v) is 7.75. The molecule has 2 aromatic rings. The lowest BCUT2D eigenvalue weighted by Crippen LogP contribution is -2.27. The van der Waals surface area contributed by atoms with E-state index in [1.165, 1.54) is 12.1 Å². The first-order chi connectivity index (χ1) is 12.8. The van der Waals surface area contributed by atoms with E-state index in [0.29, 0.717) is 17.9 Å². The minimum absolute atomic E-state index is 0.0910. The zero-order chi connectivity index (χ0) is 19.4. The number of carbonyl (C=O) groups is 1. The van der Waals surface area contributed by atoms with E-state index < -0.39 is 6.23 Å². The van der Waals surface area contributed by atoms with Gasteiger partial charge in [-0.05, 0) is 48.2 Å². The lowest BCUT2D eigenvalue weighted by atomic mass is 9.92. The molecule has 1 unspecified atom stereocenters. The van der Waals surface area contributed by atoms with E-state index in [4.69, 9.17) is 4.84 Å². The van der Waals surface area contributed by atoms with Gasteiger partial charge < -0.3 is 5.32 Å². The molecule has 6 heteroatoms. The van der Waals surface area contributed by atoms with Crippen molar-refractivity contribution >= 4 is 11.7 Å². The molecule has 0 spiro atoms. The first kappa shape index (κ1) is 19.0. The average Bonchev–Trinajstić information content (AvgIpc) is 3.11. The summed E-state index contributed by atoms with van der Waals surface area (Å²) < 4.78 is 13.0. The van der Waals surface area contributed by atoms with Crippen molar-refractivity contribution in [2.75, 3.05) is 6.54 Å². The smallest absolute Gasteiger partial charge is 0.251 e. The van der Waals surface area contributed by atoms with Gasteiger partial charge in [-0.3, -0.25) is 4.79 Å². The molecule has 27 heavy (non-hydrogen) atoms. The van der Waals surface area contributed by atoms with Gasteiger partial charge in [0.05, 0.1) is 0 Å². The number of carbonyl (C=O) groups excluding carboxylic acids is 1. The number of benzene rings is 2. The molecule has 1 amide bonds. The third-order valence-corrected chi connectivity index (χ3v) is 4.25. The summed E-state index contributed by atoms with van der Waals surface area (Å²) in [6, 6.07) is 13.2. The fourth-order valence-electron chi connectivity index (χ4n) is 2.62. The molecule has 0 saturated carbocycles. The molecule has 1 atom stereocenters. The van der Waals surface area contributed by atoms with Gasteiger partial charge in [-0.15, -0.1) is 0 Å². The van der Waals surface area contributed by atoms with Crippen molar-refractivity contribution < 1.29 is 14.0 Å². The Morgan fingerprint density at radius 1 is 1.15 bits per heavy atom. The molecule has 0 aliphatic carbocycles. The molecule has 0 saturated heterocycles. The van der Waals surface area contributed by atoms with Gasteiger partial charge in [0.25, 0.3) is 5.91 Å². The molecule has 5 nitrogen and oxygen atoms in total. The summed E-state index contributed by atoms with van der Waals surface area (Å²) >= 11 is 0. The lowest BCUT2D eigenvalue weighted by molar-refractivity contribution is 0.0377. The van der Waals surface area contributed by atoms with Gasteiger partial charge >= 0.3 is 0 Å². The highest BCUT2D eigenvalue weighted by Gasteiger charge is 2.21. The fraction of sp³-hybridized carbons (Fsp3) is 0.333. The number of nitrogens with one attached hydrogen (secondary N) is 2. The van der Waals surface area contributed by atoms with Crippen LogP contribution in [0.15, 0.2) is 53.5 Å². The zero-order valence-corrected chi connectivity index (χ0v) is 15.8. The van der Waals surface area contributed by atoms with Crippen LogP contribution in [-0.2, 0) is 4.84 Å². The van der Waals surface area contributed by atoms with Crippen LogP contribution in [0.4, 0.5) is 4.39 Å². The van der Waals surface area contributed by atoms with E-state index in [1.807, 2.05) is 12.1 Å². The first-order valence-electron chi connectivity index (χ1n) is 8.95. The summed E-state index contributed by atoms with van der Waals surface area (Å²) in [5.74, 6) is 0.155. The average molecular weight is 369 g/mol. The van der Waals surface area contributed by atoms with Crippen LogP contribution < -0.4 is 10.8 Å². The van der Waals surface area contributed by atoms with Crippen LogP contribution in [0.2, 0.25) is 0 Å². The third-order valence-electron chi connectivity index (χ3n) is 4.25. The molecular weight excluding hydrogens is 345 g/mol. The number of hydroxylamine groups is 1. The Labute approximate surface area is 158 Å². The van der Waals surface area contributed by atoms with Crippen LogP contribution in [0, 0.1) is 11.2 Å². The maximum atomic E-state index is 13.0. The van der Waals surface area contributed by atoms with Gasteiger partial charge in [-0.2, -0.15) is 0 Å². The largest absolute Gasteiger partial charge is 0.352 e. The topological polar surface area (TPSA) is 62.7 Å². The van der Waals surface area contributed by atoms with E-state index >= 15 is 0 Å². The molecule has 2 N–H and O–H groups in total. The standard InChI is InChI=1S/C21H24FN3O2/c1-21(2,3)12-13-23-19(26)15-4-6-16(7-5-15)20-24-18(25-27-20)14-8-10-17(22)11-9-14/h4-11,20H,12-13H2,1-3H3,(H,23,26)(H,24,25). The number of hydrogen-bond donors (Lipinski definition) is 2. The number of aliphatic imine (C=N–C) groups is 1. The molecule has 0 radical (unpaired) electrons. The molecule has 0 bridgehead atoms. The maximum Gasteiger partial charge on any atom is 0.251 e. The van der Waals surface area contributed by atoms with Crippen molar-refractivity contribution in [2.24, 2.45) is 10.4 Å². The Bertz CT molecular complexity index is 824. The van der Waals surface area contributed by atoms with Crippen LogP contribution in [-0.4, -0.2) is 18.3 Å². The quantitative estimate of drug-likeness (QED) is 0.838. The van der Waals surface area contributed by atoms with Crippen LogP contribution in [0.3, 0.4) is 0 Å². The van der Waals surface area contributed by atoms with E-state index in [0.717, 1.165) is 17.5 Å². The fourth-order valence-corrected chi connectivity index (χ4v) is 2.62. The highest BCUT2D eigenvalue weighted by atomic mass is 19.1. The number of amidine groups is 1. The Hall–Kier alpha value is -2.73. The number of halogens is 1. The van der Waals surface area contributed by atoms with Crippen molar-refractivity contribution in [2.45, 2.75) is 33.4 Å². The van der Waals surface area contributed by atoms with E-state index in [9.17, 15) is 9.18 Å². The Balaban J connectivity index is 1.62. The number of rotatable bonds is 5. The monoisotopic (exact) mass is 369 g/mol. The Morgan fingerprint density at radius 2 is 1.81 bits per heavy atom. The molecule has 1 heterocycles. The molecule has 0 aromatic heterocycles. The van der Waals surface area contributed by atoms with E-state index in [1.54, 1.807) is 24.3 Å². The Kier molecular flexibility index (Phi) is 5.56. The summed E-state index contributed by atoms with van der Waals surface area (Å²) in [6.07, 6.45) is 0.405. The molecule has 2 aromatic carbocycles. The Morgan fingerprint density at radius 3 is 2.44 bits per heavy atom. The summed E-state index contributed by atoms with van der Waals surface area (Å²) in [4.78, 5) is 22.2. The van der Waals surface area contributed by atoms with Crippen molar-refractivity contribution in [3.8, 4) is 0 Å². The van der Waals surface area contributed by atoms with Gasteiger partial charge in [0.1, 0.15) is 5.82 Å². The van der Waals surface area contributed by atoms with Gasteiger partial charge in [0.2, 0.25) is 6.23 Å². The minimum Gasteiger partial charge on any atom is -0.352 e. The predicted octanol–water partition coefficient (Wildman–Crippen LogP) is 3.97. The first-order valence-corrected chi connectivity index (χ1v) is 8.95. The number of amides is 1. The van der Waals surface area contributed by atoms with Crippen molar-refractivity contribution in [3.63, 3.8) is 0 Å². The summed E-state index contributed by atoms with van der Waals surface area (Å²) in [6.45, 7) is 7.07. The second kappa shape index (κ2) is 7.88. The molecule has 0 fully saturated rings. The third kappa shape index (κ3) is 5.14. The highest BCUT2D eigenvalue weighted by molar-refractivity contribution is 5.99. The van der Waals surface area contributed by atoms with Crippen LogP contribution in [0.25, 0.3) is 0 Å². The number of nitrogens with zero attached hydrogens (tertiary/aromatic N) is 1. The minimum atomic E-state index is -0.511. The van der Waals surface area contributed by atoms with Crippen LogP contribution in [0.1, 0.15) is 54.9 Å². The molecular formula is C21H24FN3O2. The van der Waals surface area contributed by atoms with E-state index in [2.05, 4.69) is 36.6 Å². The summed E-state index contributed by atoms with van der Waals surface area (Å²) in [7, 11) is 0. The van der Waals surface area contributed by atoms with Gasteiger partial charge in [-0.1, -0.05) is 32.9 Å². The van der Waals surface area contributed by atoms with Crippen molar-refractivity contribution in [1.82, 2.24) is 10.8 Å². The molecule has 1 aliphatic heterocycles. The zero-order valence-electron chi connectivity index (χ0n) is 15.8. The van der Waals surface area contributed by atoms with Gasteiger partial charge in [-0.25, -0.2) is 19.7 Å². The summed E-state index contributed by atoms with van der Waals surface area (Å²) in [5, 5.41) is 2.94. The molecule has 3 rings (SSSR count). The molecule has 142 valence electrons. The molecule has 1 aliphatic rings. The lowest BCUT2D eigenvalue weighted by Gasteiger charge is -2.18. The van der Waals surface area contributed by atoms with Crippen molar-refractivity contribution in [3.05, 3.63) is 71.0 Å². The van der Waals surface area contributed by atoms with E-state index in [-0.39, 0.29) is 17.1 Å². The van der Waals surface area contributed by atoms with Gasteiger partial charge in [0.15, 0.2) is 5.84 Å². The number of hydrogen-bond acceptors (Lipinski definition) is 4. The van der Waals surface area contributed by atoms with Crippen LogP contribution >= 0.6 is 0 Å². The van der Waals surface area contributed by atoms with Crippen molar-refractivity contribution in [1.29, 1.82) is 0 Å². The summed E-state index contributed by atoms with van der Waals surface area (Å²) in [5.41, 5.74) is 5.12. The van der Waals surface area contributed by atoms with Gasteiger partial charge in [0, 0.05) is 23.2 Å².